The zero-order valence-corrected chi connectivity index (χ0v) is 21.6. The van der Waals surface area contributed by atoms with Gasteiger partial charge in [-0.2, -0.15) is 0 Å². The number of aliphatic hydroxyl groups excluding tert-OH is 1. The predicted molar refractivity (Wildman–Crippen MR) is 130 cm³/mol. The van der Waals surface area contributed by atoms with Gasteiger partial charge >= 0.3 is 5.97 Å². The van der Waals surface area contributed by atoms with Gasteiger partial charge in [0.25, 0.3) is 0 Å². The number of carbonyl (C=O) groups excluding carboxylic acids is 3. The van der Waals surface area contributed by atoms with E-state index in [1.165, 1.54) is 18.4 Å². The smallest absolute Gasteiger partial charge is 0.375 e. The molecule has 0 aliphatic heterocycles. The van der Waals surface area contributed by atoms with Crippen molar-refractivity contribution in [1.29, 1.82) is 0 Å². The Morgan fingerprint density at radius 1 is 1.29 bits per heavy atom. The van der Waals surface area contributed by atoms with E-state index in [9.17, 15) is 19.5 Å². The molecule has 188 valence electrons. The van der Waals surface area contributed by atoms with E-state index in [-0.39, 0.29) is 47.4 Å². The number of aliphatic hydroxyl groups is 1. The van der Waals surface area contributed by atoms with Crippen LogP contribution in [-0.4, -0.2) is 45.1 Å². The Morgan fingerprint density at radius 2 is 2.03 bits per heavy atom. The molecule has 3 saturated carbocycles. The lowest BCUT2D eigenvalue weighted by molar-refractivity contribution is -0.177. The van der Waals surface area contributed by atoms with Crippen molar-refractivity contribution in [3.63, 3.8) is 0 Å². The Kier molecular flexibility index (Phi) is 5.71. The SMILES string of the molecule is CC1CC2C3CCC4=CC(=O)C=C[C@]4(C)[C@@]3(Cl)C(O)C[C@]2(C)C1(OC(=O)c1ccco1)C(=O)CCl. The molecule has 3 fully saturated rings. The van der Waals surface area contributed by atoms with Gasteiger partial charge in [-0.3, -0.25) is 9.59 Å². The van der Waals surface area contributed by atoms with E-state index < -0.39 is 33.4 Å². The fraction of sp³-hybridized carbons (Fsp3) is 0.593. The highest BCUT2D eigenvalue weighted by Gasteiger charge is 2.76. The lowest BCUT2D eigenvalue weighted by Crippen LogP contribution is -2.69. The first-order valence-corrected chi connectivity index (χ1v) is 13.0. The van der Waals surface area contributed by atoms with Gasteiger partial charge in [0.1, 0.15) is 0 Å². The molecule has 0 radical (unpaired) electrons. The summed E-state index contributed by atoms with van der Waals surface area (Å²) in [4.78, 5) is 37.7. The maximum atomic E-state index is 13.6. The summed E-state index contributed by atoms with van der Waals surface area (Å²) in [5.41, 5.74) is -2.20. The number of rotatable bonds is 4. The van der Waals surface area contributed by atoms with Gasteiger partial charge in [-0.1, -0.05) is 32.4 Å². The first-order chi connectivity index (χ1) is 16.5. The predicted octanol–water partition coefficient (Wildman–Crippen LogP) is 4.87. The van der Waals surface area contributed by atoms with Gasteiger partial charge in [-0.15, -0.1) is 23.2 Å². The molecule has 0 amide bonds. The van der Waals surface area contributed by atoms with Crippen LogP contribution in [0.25, 0.3) is 0 Å². The van der Waals surface area contributed by atoms with E-state index in [4.69, 9.17) is 32.4 Å². The van der Waals surface area contributed by atoms with E-state index in [1.807, 2.05) is 26.8 Å². The van der Waals surface area contributed by atoms with Gasteiger partial charge in [-0.25, -0.2) is 4.79 Å². The highest BCUT2D eigenvalue weighted by atomic mass is 35.5. The summed E-state index contributed by atoms with van der Waals surface area (Å²) in [6, 6.07) is 3.07. The molecule has 8 heteroatoms. The van der Waals surface area contributed by atoms with E-state index in [1.54, 1.807) is 12.1 Å². The zero-order valence-electron chi connectivity index (χ0n) is 20.1. The Hall–Kier alpha value is -1.89. The van der Waals surface area contributed by atoms with Crippen LogP contribution in [0, 0.1) is 28.6 Å². The van der Waals surface area contributed by atoms with Crippen molar-refractivity contribution in [2.75, 3.05) is 5.88 Å². The number of hydrogen-bond acceptors (Lipinski definition) is 6. The summed E-state index contributed by atoms with van der Waals surface area (Å²) < 4.78 is 11.3. The summed E-state index contributed by atoms with van der Waals surface area (Å²) in [7, 11) is 0. The average Bonchev–Trinajstić information content (AvgIpc) is 3.42. The molecule has 0 saturated heterocycles. The van der Waals surface area contributed by atoms with Crippen molar-refractivity contribution in [3.05, 3.63) is 48.0 Å². The third kappa shape index (κ3) is 3.02. The van der Waals surface area contributed by atoms with Gasteiger partial charge in [0.15, 0.2) is 17.2 Å². The second kappa shape index (κ2) is 8.06. The van der Waals surface area contributed by atoms with Crippen LogP contribution in [-0.2, 0) is 14.3 Å². The topological polar surface area (TPSA) is 93.8 Å². The van der Waals surface area contributed by atoms with Crippen LogP contribution in [0.15, 0.2) is 46.6 Å². The third-order valence-corrected chi connectivity index (χ3v) is 10.9. The summed E-state index contributed by atoms with van der Waals surface area (Å²) in [5.74, 6) is -2.12. The third-order valence-electron chi connectivity index (χ3n) is 9.69. The molecule has 5 unspecified atom stereocenters. The number of esters is 1. The van der Waals surface area contributed by atoms with Crippen molar-refractivity contribution >= 4 is 40.7 Å². The fourth-order valence-electron chi connectivity index (χ4n) is 8.09. The first-order valence-electron chi connectivity index (χ1n) is 12.1. The van der Waals surface area contributed by atoms with Crippen LogP contribution >= 0.6 is 23.2 Å². The molecule has 0 spiro atoms. The molecule has 6 nitrogen and oxygen atoms in total. The van der Waals surface area contributed by atoms with Gasteiger partial charge < -0.3 is 14.3 Å². The number of allylic oxidation sites excluding steroid dienone is 4. The fourth-order valence-corrected chi connectivity index (χ4v) is 8.81. The number of furan rings is 1. The van der Waals surface area contributed by atoms with E-state index in [0.717, 1.165) is 5.57 Å². The molecule has 1 N–H and O–H groups in total. The quantitative estimate of drug-likeness (QED) is 0.449. The van der Waals surface area contributed by atoms with Crippen molar-refractivity contribution < 1.29 is 28.6 Å². The Morgan fingerprint density at radius 3 is 2.69 bits per heavy atom. The Bertz CT molecular complexity index is 1140. The van der Waals surface area contributed by atoms with Crippen molar-refractivity contribution in [2.45, 2.75) is 63.0 Å². The molecular weight excluding hydrogens is 491 g/mol. The zero-order chi connectivity index (χ0) is 25.4. The Labute approximate surface area is 214 Å². The molecule has 1 heterocycles. The normalized spacial score (nSPS) is 44.2. The molecule has 8 atom stereocenters. The van der Waals surface area contributed by atoms with Gasteiger partial charge in [0, 0.05) is 16.7 Å². The highest BCUT2D eigenvalue weighted by Crippen LogP contribution is 2.72. The second-order valence-electron chi connectivity index (χ2n) is 11.1. The van der Waals surface area contributed by atoms with Crippen molar-refractivity contribution in [3.8, 4) is 0 Å². The first kappa shape index (κ1) is 24.8. The number of carbonyl (C=O) groups is 3. The van der Waals surface area contributed by atoms with E-state index in [2.05, 4.69) is 0 Å². The monoisotopic (exact) mass is 520 g/mol. The minimum absolute atomic E-state index is 0.00557. The maximum absolute atomic E-state index is 13.6. The number of Topliss-reactive ketones (excluding diaryl/α,β-unsaturated/α-hetero) is 1. The number of halogens is 2. The van der Waals surface area contributed by atoms with Crippen LogP contribution in [0.2, 0.25) is 0 Å². The van der Waals surface area contributed by atoms with Crippen molar-refractivity contribution in [2.24, 2.45) is 28.6 Å². The number of fused-ring (bicyclic) bond motifs is 5. The molecule has 1 aromatic rings. The largest absolute Gasteiger partial charge is 0.457 e. The summed E-state index contributed by atoms with van der Waals surface area (Å²) in [6.07, 6.45) is 7.44. The minimum Gasteiger partial charge on any atom is -0.457 e. The number of hydrogen-bond donors (Lipinski definition) is 1. The van der Waals surface area contributed by atoms with Crippen LogP contribution in [0.5, 0.6) is 0 Å². The molecule has 35 heavy (non-hydrogen) atoms. The van der Waals surface area contributed by atoms with Gasteiger partial charge in [0.05, 0.1) is 23.1 Å². The van der Waals surface area contributed by atoms with Crippen LogP contribution in [0.4, 0.5) is 0 Å². The molecule has 0 bridgehead atoms. The molecule has 1 aromatic heterocycles. The average molecular weight is 521 g/mol. The summed E-state index contributed by atoms with van der Waals surface area (Å²) in [5, 5.41) is 11.8. The standard InChI is InChI=1S/C27H30Cl2O6/c1-15-11-19-18-7-6-16-12-17(30)8-9-24(16,2)26(18,29)21(31)13-25(19,3)27(15,22(32)14-28)35-23(33)20-5-4-10-34-20/h4-5,8-10,12,15,18-19,21,31H,6-7,11,13-14H2,1-3H3/t15?,18?,19?,21?,24-,25-,26-,27?/m0/s1. The van der Waals surface area contributed by atoms with Gasteiger partial charge in [0.2, 0.25) is 5.76 Å². The van der Waals surface area contributed by atoms with Crippen molar-refractivity contribution in [1.82, 2.24) is 0 Å². The van der Waals surface area contributed by atoms with E-state index in [0.29, 0.717) is 19.3 Å². The summed E-state index contributed by atoms with van der Waals surface area (Å²) >= 11 is 13.6. The van der Waals surface area contributed by atoms with Crippen LogP contribution < -0.4 is 0 Å². The molecular formula is C27H30Cl2O6. The van der Waals surface area contributed by atoms with E-state index >= 15 is 0 Å². The lowest BCUT2D eigenvalue weighted by Gasteiger charge is -2.64. The number of ketones is 2. The minimum atomic E-state index is -1.53. The summed E-state index contributed by atoms with van der Waals surface area (Å²) in [6.45, 7) is 5.81. The highest BCUT2D eigenvalue weighted by molar-refractivity contribution is 6.29. The van der Waals surface area contributed by atoms with Gasteiger partial charge in [-0.05, 0) is 61.8 Å². The maximum Gasteiger partial charge on any atom is 0.375 e. The molecule has 5 rings (SSSR count). The lowest BCUT2D eigenvalue weighted by atomic mass is 9.45. The number of ether oxygens (including phenoxy) is 1. The molecule has 4 aliphatic carbocycles. The second-order valence-corrected chi connectivity index (χ2v) is 12.0. The Balaban J connectivity index is 1.61. The molecule has 0 aromatic carbocycles. The van der Waals surface area contributed by atoms with Crippen LogP contribution in [0.1, 0.15) is 57.0 Å². The van der Waals surface area contributed by atoms with Crippen LogP contribution in [0.3, 0.4) is 0 Å². The number of alkyl halides is 2. The molecule has 4 aliphatic rings.